The van der Waals surface area contributed by atoms with Crippen LogP contribution < -0.4 is 15.5 Å². The van der Waals surface area contributed by atoms with E-state index < -0.39 is 15.8 Å². The molecular weight excluding hydrogens is 422 g/mol. The van der Waals surface area contributed by atoms with Gasteiger partial charge in [0.2, 0.25) is 0 Å². The summed E-state index contributed by atoms with van der Waals surface area (Å²) in [4.78, 5) is 36.1. The number of aryl methyl sites for hydroxylation is 1. The Kier molecular flexibility index (Phi) is 6.75. The molecule has 0 radical (unpaired) electrons. The Hall–Kier alpha value is -3.60. The highest BCUT2D eigenvalue weighted by molar-refractivity contribution is 7.80. The second-order valence-corrected chi connectivity index (χ2v) is 7.58. The van der Waals surface area contributed by atoms with Crippen LogP contribution in [0.1, 0.15) is 35.2 Å². The van der Waals surface area contributed by atoms with E-state index in [9.17, 15) is 25.0 Å². The van der Waals surface area contributed by atoms with Gasteiger partial charge in [0.1, 0.15) is 5.69 Å². The Bertz CT molecular complexity index is 1050. The molecule has 0 bridgehead atoms. The van der Waals surface area contributed by atoms with Gasteiger partial charge in [-0.25, -0.2) is 0 Å². The third-order valence-electron chi connectivity index (χ3n) is 5.04. The number of thiocarbonyl (C=S) groups is 1. The fourth-order valence-corrected chi connectivity index (χ4v) is 3.60. The molecule has 1 aliphatic rings. The van der Waals surface area contributed by atoms with Crippen LogP contribution in [0.15, 0.2) is 36.4 Å². The van der Waals surface area contributed by atoms with E-state index in [0.29, 0.717) is 16.9 Å². The van der Waals surface area contributed by atoms with E-state index >= 15 is 0 Å². The molecule has 1 fully saturated rings. The molecule has 2 aromatic carbocycles. The molecule has 0 spiro atoms. The quantitative estimate of drug-likeness (QED) is 0.404. The summed E-state index contributed by atoms with van der Waals surface area (Å²) in [6, 6.07) is 8.58. The van der Waals surface area contributed by atoms with Crippen LogP contribution >= 0.6 is 12.2 Å². The topological polar surface area (TPSA) is 131 Å². The Morgan fingerprint density at radius 3 is 2.39 bits per heavy atom. The Labute approximate surface area is 183 Å². The number of nitro groups is 2. The number of nitro benzene ring substituents is 2. The highest BCUT2D eigenvalue weighted by Crippen LogP contribution is 2.31. The lowest BCUT2D eigenvalue weighted by Crippen LogP contribution is -2.34. The molecule has 0 atom stereocenters. The van der Waals surface area contributed by atoms with Gasteiger partial charge >= 0.3 is 0 Å². The molecule has 1 saturated heterocycles. The van der Waals surface area contributed by atoms with Gasteiger partial charge in [-0.2, -0.15) is 0 Å². The monoisotopic (exact) mass is 443 g/mol. The van der Waals surface area contributed by atoms with Gasteiger partial charge in [-0.1, -0.05) is 6.07 Å². The van der Waals surface area contributed by atoms with Gasteiger partial charge in [0.05, 0.1) is 9.85 Å². The van der Waals surface area contributed by atoms with Crippen LogP contribution in [0.25, 0.3) is 0 Å². The Morgan fingerprint density at radius 1 is 1.03 bits per heavy atom. The van der Waals surface area contributed by atoms with E-state index in [4.69, 9.17) is 12.2 Å². The molecule has 0 unspecified atom stereocenters. The van der Waals surface area contributed by atoms with Crippen LogP contribution in [0, 0.1) is 27.2 Å². The first kappa shape index (κ1) is 22.1. The highest BCUT2D eigenvalue weighted by atomic mass is 32.1. The average molecular weight is 443 g/mol. The van der Waals surface area contributed by atoms with E-state index in [1.54, 1.807) is 19.1 Å². The molecule has 162 valence electrons. The lowest BCUT2D eigenvalue weighted by molar-refractivity contribution is -0.384. The molecule has 0 aliphatic carbocycles. The lowest BCUT2D eigenvalue weighted by atomic mass is 10.1. The second-order valence-electron chi connectivity index (χ2n) is 7.17. The van der Waals surface area contributed by atoms with Gasteiger partial charge in [-0.3, -0.25) is 30.3 Å². The first-order valence-electron chi connectivity index (χ1n) is 9.67. The molecule has 2 N–H and O–H groups in total. The second kappa shape index (κ2) is 9.47. The number of nitrogens with zero attached hydrogens (tertiary/aromatic N) is 3. The molecule has 0 aromatic heterocycles. The SMILES string of the molecule is Cc1ccc([N+](=O)[O-])cc1NC(=S)NC(=O)c1ccc(N2CCCCC2)c([N+](=O)[O-])c1. The van der Waals surface area contributed by atoms with Gasteiger partial charge in [-0.05, 0) is 56.1 Å². The van der Waals surface area contributed by atoms with Crippen LogP contribution in [-0.2, 0) is 0 Å². The minimum atomic E-state index is -0.617. The number of anilines is 2. The fraction of sp³-hybridized carbons (Fsp3) is 0.300. The summed E-state index contributed by atoms with van der Waals surface area (Å²) in [5, 5.41) is 27.7. The van der Waals surface area contributed by atoms with Crippen molar-refractivity contribution in [1.29, 1.82) is 0 Å². The van der Waals surface area contributed by atoms with E-state index in [1.165, 1.54) is 24.3 Å². The number of piperidine rings is 1. The van der Waals surface area contributed by atoms with Crippen LogP contribution in [-0.4, -0.2) is 34.0 Å². The minimum Gasteiger partial charge on any atom is -0.366 e. The molecule has 1 heterocycles. The van der Waals surface area contributed by atoms with Gasteiger partial charge in [-0.15, -0.1) is 0 Å². The van der Waals surface area contributed by atoms with Crippen molar-refractivity contribution in [3.8, 4) is 0 Å². The number of rotatable bonds is 5. The highest BCUT2D eigenvalue weighted by Gasteiger charge is 2.23. The van der Waals surface area contributed by atoms with Crippen LogP contribution in [0.2, 0.25) is 0 Å². The Morgan fingerprint density at radius 2 is 1.74 bits per heavy atom. The van der Waals surface area contributed by atoms with E-state index in [0.717, 1.165) is 32.4 Å². The van der Waals surface area contributed by atoms with Crippen molar-refractivity contribution < 1.29 is 14.6 Å². The van der Waals surface area contributed by atoms with Crippen molar-refractivity contribution in [1.82, 2.24) is 5.32 Å². The van der Waals surface area contributed by atoms with Gasteiger partial charge in [0.25, 0.3) is 17.3 Å². The van der Waals surface area contributed by atoms with Crippen LogP contribution in [0.3, 0.4) is 0 Å². The zero-order valence-corrected chi connectivity index (χ0v) is 17.6. The van der Waals surface area contributed by atoms with E-state index in [-0.39, 0.29) is 22.1 Å². The summed E-state index contributed by atoms with van der Waals surface area (Å²) in [7, 11) is 0. The van der Waals surface area contributed by atoms with Crippen LogP contribution in [0.4, 0.5) is 22.7 Å². The molecule has 1 aliphatic heterocycles. The van der Waals surface area contributed by atoms with E-state index in [2.05, 4.69) is 10.6 Å². The summed E-state index contributed by atoms with van der Waals surface area (Å²) in [5.74, 6) is -0.617. The molecular formula is C20H21N5O5S. The zero-order chi connectivity index (χ0) is 22.5. The molecule has 31 heavy (non-hydrogen) atoms. The number of nitrogens with one attached hydrogen (secondary N) is 2. The smallest absolute Gasteiger partial charge is 0.293 e. The van der Waals surface area contributed by atoms with Crippen molar-refractivity contribution >= 4 is 46.0 Å². The Balaban J connectivity index is 1.75. The summed E-state index contributed by atoms with van der Waals surface area (Å²) in [5.41, 5.74) is 1.41. The first-order chi connectivity index (χ1) is 14.8. The van der Waals surface area contributed by atoms with Crippen molar-refractivity contribution in [3.63, 3.8) is 0 Å². The normalized spacial score (nSPS) is 13.4. The van der Waals surface area contributed by atoms with Crippen molar-refractivity contribution in [2.24, 2.45) is 0 Å². The standard InChI is InChI=1S/C20H21N5O5S/c1-13-5-7-15(24(27)28)12-16(13)21-20(31)22-19(26)14-6-8-17(18(11-14)25(29)30)23-9-3-2-4-10-23/h5-8,11-12H,2-4,9-10H2,1H3,(H2,21,22,26,31). The van der Waals surface area contributed by atoms with E-state index in [1.807, 2.05) is 4.90 Å². The molecule has 3 rings (SSSR count). The number of hydrogen-bond donors (Lipinski definition) is 2. The molecule has 2 aromatic rings. The first-order valence-corrected chi connectivity index (χ1v) is 10.1. The maximum Gasteiger partial charge on any atom is 0.293 e. The molecule has 11 heteroatoms. The number of carbonyl (C=O) groups excluding carboxylic acids is 1. The number of carbonyl (C=O) groups is 1. The van der Waals surface area contributed by atoms with Crippen molar-refractivity contribution in [3.05, 3.63) is 67.8 Å². The average Bonchev–Trinajstić information content (AvgIpc) is 2.75. The predicted octanol–water partition coefficient (Wildman–Crippen LogP) is 3.93. The maximum absolute atomic E-state index is 12.6. The maximum atomic E-state index is 12.6. The lowest BCUT2D eigenvalue weighted by Gasteiger charge is -2.28. The summed E-state index contributed by atoms with van der Waals surface area (Å²) >= 11 is 5.14. The summed E-state index contributed by atoms with van der Waals surface area (Å²) in [6.07, 6.45) is 3.03. The minimum absolute atomic E-state index is 0.0728. The summed E-state index contributed by atoms with van der Waals surface area (Å²) < 4.78 is 0. The fourth-order valence-electron chi connectivity index (χ4n) is 3.40. The number of non-ortho nitro benzene ring substituents is 1. The predicted molar refractivity (Wildman–Crippen MR) is 121 cm³/mol. The molecule has 10 nitrogen and oxygen atoms in total. The van der Waals surface area contributed by atoms with Gasteiger partial charge < -0.3 is 10.2 Å². The third kappa shape index (κ3) is 5.31. The van der Waals surface area contributed by atoms with Gasteiger partial charge in [0, 0.05) is 42.5 Å². The molecule has 0 saturated carbocycles. The number of hydrogen-bond acceptors (Lipinski definition) is 7. The van der Waals surface area contributed by atoms with Crippen LogP contribution in [0.5, 0.6) is 0 Å². The largest absolute Gasteiger partial charge is 0.366 e. The molecule has 1 amide bonds. The van der Waals surface area contributed by atoms with Gasteiger partial charge in [0.15, 0.2) is 5.11 Å². The van der Waals surface area contributed by atoms with Crippen molar-refractivity contribution in [2.75, 3.05) is 23.3 Å². The summed E-state index contributed by atoms with van der Waals surface area (Å²) in [6.45, 7) is 3.21. The third-order valence-corrected chi connectivity index (χ3v) is 5.24. The van der Waals surface area contributed by atoms with Crippen molar-refractivity contribution in [2.45, 2.75) is 26.2 Å². The number of benzene rings is 2. The number of amides is 1. The zero-order valence-electron chi connectivity index (χ0n) is 16.8.